The summed E-state index contributed by atoms with van der Waals surface area (Å²) >= 11 is 0. The van der Waals surface area contributed by atoms with Crippen molar-refractivity contribution in [1.29, 1.82) is 0 Å². The van der Waals surface area contributed by atoms with E-state index in [4.69, 9.17) is 9.47 Å². The normalized spacial score (nSPS) is 17.1. The first-order valence-electron chi connectivity index (χ1n) is 11.2. The average molecular weight is 474 g/mol. The molecule has 4 rings (SSSR count). The number of nitrogens with zero attached hydrogens (tertiary/aromatic N) is 1. The van der Waals surface area contributed by atoms with Gasteiger partial charge in [0.25, 0.3) is 11.7 Å². The van der Waals surface area contributed by atoms with Gasteiger partial charge in [0.15, 0.2) is 0 Å². The van der Waals surface area contributed by atoms with Gasteiger partial charge in [0.2, 0.25) is 0 Å². The monoisotopic (exact) mass is 473 g/mol. The molecule has 1 saturated heterocycles. The minimum absolute atomic E-state index is 0.00905. The van der Waals surface area contributed by atoms with E-state index in [1.54, 1.807) is 36.4 Å². The molecule has 0 aromatic heterocycles. The number of rotatable bonds is 8. The molecular weight excluding hydrogens is 446 g/mol. The van der Waals surface area contributed by atoms with E-state index in [0.29, 0.717) is 23.5 Å². The zero-order valence-electron chi connectivity index (χ0n) is 19.6. The second-order valence-corrected chi connectivity index (χ2v) is 8.38. The number of aromatic hydroxyl groups is 1. The highest BCUT2D eigenvalue weighted by Gasteiger charge is 2.45. The van der Waals surface area contributed by atoms with Crippen LogP contribution in [0.1, 0.15) is 28.3 Å². The lowest BCUT2D eigenvalue weighted by Gasteiger charge is -2.25. The number of phenols is 1. The number of likely N-dealkylation sites (tertiary alicyclic amines) is 1. The number of aliphatic hydroxyl groups is 1. The summed E-state index contributed by atoms with van der Waals surface area (Å²) in [5.41, 5.74) is 3.17. The lowest BCUT2D eigenvalue weighted by molar-refractivity contribution is -0.140. The minimum atomic E-state index is -0.803. The Hall–Kier alpha value is -4.10. The second kappa shape index (κ2) is 10.4. The number of Topliss-reactive ketones (excluding diaryl/α,β-unsaturated/α-hetero) is 1. The Morgan fingerprint density at radius 1 is 1.00 bits per heavy atom. The van der Waals surface area contributed by atoms with E-state index in [9.17, 15) is 19.8 Å². The van der Waals surface area contributed by atoms with E-state index >= 15 is 0 Å². The van der Waals surface area contributed by atoms with Crippen LogP contribution >= 0.6 is 0 Å². The predicted octanol–water partition coefficient (Wildman–Crippen LogP) is 4.35. The topological polar surface area (TPSA) is 96.3 Å². The van der Waals surface area contributed by atoms with Gasteiger partial charge in [0, 0.05) is 19.2 Å². The molecule has 0 aliphatic carbocycles. The van der Waals surface area contributed by atoms with E-state index in [1.807, 2.05) is 31.2 Å². The molecule has 1 fully saturated rings. The van der Waals surface area contributed by atoms with Crippen LogP contribution < -0.4 is 4.74 Å². The highest BCUT2D eigenvalue weighted by atomic mass is 16.5. The van der Waals surface area contributed by atoms with Crippen LogP contribution in [0.25, 0.3) is 5.76 Å². The third-order valence-electron chi connectivity index (χ3n) is 5.90. The van der Waals surface area contributed by atoms with Crippen LogP contribution in [0.3, 0.4) is 0 Å². The third kappa shape index (κ3) is 5.20. The van der Waals surface area contributed by atoms with Gasteiger partial charge in [-0.25, -0.2) is 0 Å². The Labute approximate surface area is 203 Å². The number of phenolic OH excluding ortho intramolecular Hbond substituents is 1. The van der Waals surface area contributed by atoms with E-state index in [0.717, 1.165) is 11.1 Å². The van der Waals surface area contributed by atoms with Gasteiger partial charge in [-0.2, -0.15) is 0 Å². The van der Waals surface area contributed by atoms with Gasteiger partial charge in [-0.05, 0) is 54.4 Å². The molecule has 1 atom stereocenters. The number of hydrogen-bond acceptors (Lipinski definition) is 6. The lowest BCUT2D eigenvalue weighted by atomic mass is 9.95. The number of methoxy groups -OCH3 is 1. The summed E-state index contributed by atoms with van der Waals surface area (Å²) in [5, 5.41) is 20.8. The van der Waals surface area contributed by atoms with Crippen molar-refractivity contribution in [3.63, 3.8) is 0 Å². The van der Waals surface area contributed by atoms with E-state index in [2.05, 4.69) is 0 Å². The van der Waals surface area contributed by atoms with Crippen LogP contribution in [0.4, 0.5) is 0 Å². The molecule has 2 N–H and O–H groups in total. The first-order valence-corrected chi connectivity index (χ1v) is 11.2. The molecule has 0 spiro atoms. The lowest BCUT2D eigenvalue weighted by Crippen LogP contribution is -2.32. The first-order chi connectivity index (χ1) is 16.9. The smallest absolute Gasteiger partial charge is 0.295 e. The molecule has 35 heavy (non-hydrogen) atoms. The Morgan fingerprint density at radius 2 is 1.71 bits per heavy atom. The summed E-state index contributed by atoms with van der Waals surface area (Å²) in [6.45, 7) is 2.83. The van der Waals surface area contributed by atoms with Gasteiger partial charge >= 0.3 is 0 Å². The van der Waals surface area contributed by atoms with Crippen molar-refractivity contribution in [3.05, 3.63) is 101 Å². The molecule has 3 aromatic rings. The molecule has 1 aliphatic heterocycles. The fourth-order valence-corrected chi connectivity index (χ4v) is 4.14. The molecular formula is C28H27NO6. The van der Waals surface area contributed by atoms with Crippen molar-refractivity contribution < 1.29 is 29.3 Å². The fourth-order valence-electron chi connectivity index (χ4n) is 4.14. The Balaban J connectivity index is 1.63. The first kappa shape index (κ1) is 24.0. The summed E-state index contributed by atoms with van der Waals surface area (Å²) in [6.07, 6.45) is 0. The average Bonchev–Trinajstić information content (AvgIpc) is 3.11. The van der Waals surface area contributed by atoms with Crippen molar-refractivity contribution in [2.45, 2.75) is 19.6 Å². The Kier molecular flexibility index (Phi) is 7.17. The van der Waals surface area contributed by atoms with Crippen molar-refractivity contribution >= 4 is 17.4 Å². The van der Waals surface area contributed by atoms with Crippen LogP contribution in [0.5, 0.6) is 11.5 Å². The predicted molar refractivity (Wildman–Crippen MR) is 131 cm³/mol. The highest BCUT2D eigenvalue weighted by Crippen LogP contribution is 2.39. The maximum Gasteiger partial charge on any atom is 0.295 e. The molecule has 1 aliphatic rings. The fraction of sp³-hybridized carbons (Fsp3) is 0.214. The van der Waals surface area contributed by atoms with Crippen LogP contribution in [0, 0.1) is 6.92 Å². The number of aryl methyl sites for hydroxylation is 1. The van der Waals surface area contributed by atoms with Gasteiger partial charge in [-0.15, -0.1) is 0 Å². The van der Waals surface area contributed by atoms with Crippen LogP contribution in [-0.2, 0) is 20.9 Å². The molecule has 7 heteroatoms. The molecule has 1 amide bonds. The second-order valence-electron chi connectivity index (χ2n) is 8.38. The maximum absolute atomic E-state index is 13.0. The SMILES string of the molecule is COCCN1C(=O)C(=O)/C(=C(/O)c2ccc(OCc3cccc(C)c3)cc2)[C@@H]1c1ccc(O)cc1. The summed E-state index contributed by atoms with van der Waals surface area (Å²) in [5.74, 6) is -1.08. The van der Waals surface area contributed by atoms with E-state index in [-0.39, 0.29) is 30.2 Å². The molecule has 180 valence electrons. The van der Waals surface area contributed by atoms with Gasteiger partial charge in [-0.1, -0.05) is 42.0 Å². The molecule has 0 saturated carbocycles. The zero-order valence-corrected chi connectivity index (χ0v) is 19.6. The number of ketones is 1. The molecule has 7 nitrogen and oxygen atoms in total. The Bertz CT molecular complexity index is 1250. The molecule has 1 heterocycles. The maximum atomic E-state index is 13.0. The molecule has 0 unspecified atom stereocenters. The van der Waals surface area contributed by atoms with Crippen molar-refractivity contribution in [1.82, 2.24) is 4.90 Å². The van der Waals surface area contributed by atoms with Crippen molar-refractivity contribution in [2.75, 3.05) is 20.3 Å². The zero-order chi connectivity index (χ0) is 24.9. The van der Waals surface area contributed by atoms with Crippen LogP contribution in [0.2, 0.25) is 0 Å². The van der Waals surface area contributed by atoms with E-state index < -0.39 is 17.7 Å². The Morgan fingerprint density at radius 3 is 2.37 bits per heavy atom. The van der Waals surface area contributed by atoms with Gasteiger partial charge < -0.3 is 24.6 Å². The van der Waals surface area contributed by atoms with Gasteiger partial charge in [-0.3, -0.25) is 9.59 Å². The molecule has 0 radical (unpaired) electrons. The number of benzene rings is 3. The van der Waals surface area contributed by atoms with Crippen molar-refractivity contribution in [2.24, 2.45) is 0 Å². The number of carbonyl (C=O) groups is 2. The van der Waals surface area contributed by atoms with Crippen LogP contribution in [-0.4, -0.2) is 47.1 Å². The van der Waals surface area contributed by atoms with Gasteiger partial charge in [0.05, 0.1) is 18.2 Å². The summed E-state index contributed by atoms with van der Waals surface area (Å²) in [7, 11) is 1.51. The quantitative estimate of drug-likeness (QED) is 0.287. The number of ether oxygens (including phenoxy) is 2. The third-order valence-corrected chi connectivity index (χ3v) is 5.90. The van der Waals surface area contributed by atoms with Crippen molar-refractivity contribution in [3.8, 4) is 11.5 Å². The number of hydrogen-bond donors (Lipinski definition) is 2. The number of aliphatic hydroxyl groups excluding tert-OH is 1. The standard InChI is InChI=1S/C28H27NO6/c1-18-4-3-5-19(16-18)17-35-23-12-8-21(9-13-23)26(31)24-25(20-6-10-22(30)11-7-20)29(14-15-34-2)28(33)27(24)32/h3-13,16,25,30-31H,14-15,17H2,1-2H3/b26-24+/t25-/m0/s1. The highest BCUT2D eigenvalue weighted by molar-refractivity contribution is 6.46. The van der Waals surface area contributed by atoms with Gasteiger partial charge in [0.1, 0.15) is 23.9 Å². The van der Waals surface area contributed by atoms with E-state index in [1.165, 1.54) is 24.1 Å². The summed E-state index contributed by atoms with van der Waals surface area (Å²) in [4.78, 5) is 27.2. The molecule has 3 aromatic carbocycles. The summed E-state index contributed by atoms with van der Waals surface area (Å²) < 4.78 is 11.0. The largest absolute Gasteiger partial charge is 0.508 e. The summed E-state index contributed by atoms with van der Waals surface area (Å²) in [6, 6.07) is 20.2. The number of carbonyl (C=O) groups excluding carboxylic acids is 2. The number of amides is 1. The van der Waals surface area contributed by atoms with Crippen LogP contribution in [0.15, 0.2) is 78.4 Å². The minimum Gasteiger partial charge on any atom is -0.508 e. The molecule has 0 bridgehead atoms.